The summed E-state index contributed by atoms with van der Waals surface area (Å²) in [5.74, 6) is -0.486. The van der Waals surface area contributed by atoms with Gasteiger partial charge >= 0.3 is 0 Å². The standard InChI is InChI=1S/C27H34N2O2/c1-3-4-8-21-15-17-23(18-16-21)26(30)29-25(19-22-13-11-20(2)12-14-22)27(31)28-24-9-6-5-7-10-24/h11-19,24H,3-10H2,1-2H3,(H,28,31)(H,29,30). The summed E-state index contributed by atoms with van der Waals surface area (Å²) in [5, 5.41) is 5.98. The third kappa shape index (κ3) is 7.09. The van der Waals surface area contributed by atoms with Crippen molar-refractivity contribution in [2.75, 3.05) is 0 Å². The second-order valence-electron chi connectivity index (χ2n) is 8.53. The van der Waals surface area contributed by atoms with Gasteiger partial charge in [0.25, 0.3) is 11.8 Å². The largest absolute Gasteiger partial charge is 0.348 e. The van der Waals surface area contributed by atoms with Crippen LogP contribution in [0.15, 0.2) is 54.2 Å². The number of carbonyl (C=O) groups is 2. The predicted octanol–water partition coefficient (Wildman–Crippen LogP) is 5.56. The summed E-state index contributed by atoms with van der Waals surface area (Å²) in [4.78, 5) is 25.9. The lowest BCUT2D eigenvalue weighted by atomic mass is 9.95. The maximum absolute atomic E-state index is 13.0. The molecule has 0 radical (unpaired) electrons. The number of amides is 2. The molecule has 0 spiro atoms. The lowest BCUT2D eigenvalue weighted by molar-refractivity contribution is -0.118. The minimum absolute atomic E-state index is 0.178. The van der Waals surface area contributed by atoms with Crippen LogP contribution in [0.25, 0.3) is 6.08 Å². The Labute approximate surface area is 186 Å². The van der Waals surface area contributed by atoms with Crippen molar-refractivity contribution in [3.05, 3.63) is 76.5 Å². The second-order valence-corrected chi connectivity index (χ2v) is 8.53. The Bertz CT molecular complexity index is 892. The van der Waals surface area contributed by atoms with E-state index in [1.54, 1.807) is 6.08 Å². The van der Waals surface area contributed by atoms with Gasteiger partial charge in [-0.25, -0.2) is 0 Å². The molecule has 4 nitrogen and oxygen atoms in total. The van der Waals surface area contributed by atoms with Crippen molar-refractivity contribution < 1.29 is 9.59 Å². The van der Waals surface area contributed by atoms with E-state index in [4.69, 9.17) is 0 Å². The van der Waals surface area contributed by atoms with Gasteiger partial charge < -0.3 is 10.6 Å². The van der Waals surface area contributed by atoms with Crippen molar-refractivity contribution in [2.45, 2.75) is 71.3 Å². The van der Waals surface area contributed by atoms with Crippen LogP contribution in [0.4, 0.5) is 0 Å². The first-order valence-corrected chi connectivity index (χ1v) is 11.5. The summed E-state index contributed by atoms with van der Waals surface area (Å²) in [5.41, 5.74) is 4.10. The van der Waals surface area contributed by atoms with Gasteiger partial charge in [0.15, 0.2) is 0 Å². The third-order valence-electron chi connectivity index (χ3n) is 5.86. The highest BCUT2D eigenvalue weighted by Crippen LogP contribution is 2.18. The summed E-state index contributed by atoms with van der Waals surface area (Å²) in [7, 11) is 0. The molecular formula is C27H34N2O2. The molecule has 1 saturated carbocycles. The van der Waals surface area contributed by atoms with Crippen LogP contribution >= 0.6 is 0 Å². The highest BCUT2D eigenvalue weighted by molar-refractivity contribution is 6.05. The molecule has 2 aromatic carbocycles. The van der Waals surface area contributed by atoms with Crippen molar-refractivity contribution in [1.82, 2.24) is 10.6 Å². The van der Waals surface area contributed by atoms with Crippen LogP contribution < -0.4 is 10.6 Å². The van der Waals surface area contributed by atoms with Gasteiger partial charge in [-0.3, -0.25) is 9.59 Å². The van der Waals surface area contributed by atoms with Crippen LogP contribution in [-0.4, -0.2) is 17.9 Å². The number of nitrogens with one attached hydrogen (secondary N) is 2. The monoisotopic (exact) mass is 418 g/mol. The minimum atomic E-state index is -0.265. The van der Waals surface area contributed by atoms with Gasteiger partial charge in [0.1, 0.15) is 5.70 Å². The Balaban J connectivity index is 1.75. The number of hydrogen-bond acceptors (Lipinski definition) is 2. The van der Waals surface area contributed by atoms with E-state index < -0.39 is 0 Å². The summed E-state index contributed by atoms with van der Waals surface area (Å²) in [6.45, 7) is 4.19. The molecule has 31 heavy (non-hydrogen) atoms. The van der Waals surface area contributed by atoms with Gasteiger partial charge in [0, 0.05) is 11.6 Å². The number of rotatable bonds is 8. The second kappa shape index (κ2) is 11.5. The van der Waals surface area contributed by atoms with E-state index in [2.05, 4.69) is 17.6 Å². The van der Waals surface area contributed by atoms with E-state index in [-0.39, 0.29) is 23.6 Å². The average molecular weight is 419 g/mol. The smallest absolute Gasteiger partial charge is 0.268 e. The first-order valence-electron chi connectivity index (χ1n) is 11.5. The maximum atomic E-state index is 13.0. The SMILES string of the molecule is CCCCc1ccc(C(=O)NC(=Cc2ccc(C)cc2)C(=O)NC2CCCCC2)cc1. The number of carbonyl (C=O) groups excluding carboxylic acids is 2. The first-order chi connectivity index (χ1) is 15.0. The summed E-state index contributed by atoms with van der Waals surface area (Å²) >= 11 is 0. The molecule has 1 aliphatic carbocycles. The molecule has 2 amide bonds. The van der Waals surface area contributed by atoms with Gasteiger partial charge in [-0.1, -0.05) is 74.6 Å². The van der Waals surface area contributed by atoms with Crippen molar-refractivity contribution in [2.24, 2.45) is 0 Å². The number of hydrogen-bond donors (Lipinski definition) is 2. The lowest BCUT2D eigenvalue weighted by Gasteiger charge is -2.23. The fourth-order valence-electron chi connectivity index (χ4n) is 3.90. The molecule has 0 atom stereocenters. The van der Waals surface area contributed by atoms with Crippen LogP contribution in [0.2, 0.25) is 0 Å². The van der Waals surface area contributed by atoms with Gasteiger partial charge in [0.2, 0.25) is 0 Å². The normalized spacial score (nSPS) is 14.8. The predicted molar refractivity (Wildman–Crippen MR) is 127 cm³/mol. The molecular weight excluding hydrogens is 384 g/mol. The quantitative estimate of drug-likeness (QED) is 0.552. The highest BCUT2D eigenvalue weighted by Gasteiger charge is 2.20. The molecule has 0 unspecified atom stereocenters. The minimum Gasteiger partial charge on any atom is -0.348 e. The Hall–Kier alpha value is -2.88. The van der Waals surface area contributed by atoms with E-state index in [0.717, 1.165) is 56.1 Å². The molecule has 0 heterocycles. The molecule has 0 aromatic heterocycles. The first kappa shape index (κ1) is 22.8. The Morgan fingerprint density at radius 2 is 1.65 bits per heavy atom. The fraction of sp³-hybridized carbons (Fsp3) is 0.407. The van der Waals surface area contributed by atoms with E-state index in [0.29, 0.717) is 5.56 Å². The fourth-order valence-corrected chi connectivity index (χ4v) is 3.90. The number of benzene rings is 2. The summed E-state index contributed by atoms with van der Waals surface area (Å²) in [6, 6.07) is 15.8. The molecule has 164 valence electrons. The molecule has 4 heteroatoms. The highest BCUT2D eigenvalue weighted by atomic mass is 16.2. The molecule has 0 saturated heterocycles. The van der Waals surface area contributed by atoms with Crippen molar-refractivity contribution in [3.63, 3.8) is 0 Å². The molecule has 2 N–H and O–H groups in total. The lowest BCUT2D eigenvalue weighted by Crippen LogP contribution is -2.41. The summed E-state index contributed by atoms with van der Waals surface area (Å²) < 4.78 is 0. The van der Waals surface area contributed by atoms with Crippen molar-refractivity contribution in [1.29, 1.82) is 0 Å². The van der Waals surface area contributed by atoms with E-state index in [1.807, 2.05) is 55.5 Å². The van der Waals surface area contributed by atoms with Crippen LogP contribution in [0.5, 0.6) is 0 Å². The van der Waals surface area contributed by atoms with Crippen molar-refractivity contribution >= 4 is 17.9 Å². The van der Waals surface area contributed by atoms with Crippen LogP contribution in [0, 0.1) is 6.92 Å². The summed E-state index contributed by atoms with van der Waals surface area (Å²) in [6.07, 6.45) is 10.5. The Morgan fingerprint density at radius 1 is 0.968 bits per heavy atom. The van der Waals surface area contributed by atoms with Gasteiger partial charge in [0.05, 0.1) is 0 Å². The van der Waals surface area contributed by atoms with Gasteiger partial charge in [-0.15, -0.1) is 0 Å². The zero-order chi connectivity index (χ0) is 22.1. The van der Waals surface area contributed by atoms with Crippen molar-refractivity contribution in [3.8, 4) is 0 Å². The zero-order valence-corrected chi connectivity index (χ0v) is 18.7. The Morgan fingerprint density at radius 3 is 2.29 bits per heavy atom. The van der Waals surface area contributed by atoms with Gasteiger partial charge in [-0.2, -0.15) is 0 Å². The topological polar surface area (TPSA) is 58.2 Å². The molecule has 1 fully saturated rings. The molecule has 0 aliphatic heterocycles. The Kier molecular flexibility index (Phi) is 8.45. The third-order valence-corrected chi connectivity index (χ3v) is 5.86. The molecule has 2 aromatic rings. The van der Waals surface area contributed by atoms with Crippen LogP contribution in [0.1, 0.15) is 78.9 Å². The number of aryl methyl sites for hydroxylation is 2. The van der Waals surface area contributed by atoms with Gasteiger partial charge in [-0.05, 0) is 61.9 Å². The molecule has 1 aliphatic rings. The van der Waals surface area contributed by atoms with E-state index >= 15 is 0 Å². The number of unbranched alkanes of at least 4 members (excludes halogenated alkanes) is 1. The van der Waals surface area contributed by atoms with E-state index in [9.17, 15) is 9.59 Å². The average Bonchev–Trinajstić information content (AvgIpc) is 2.79. The van der Waals surface area contributed by atoms with Crippen LogP contribution in [-0.2, 0) is 11.2 Å². The van der Waals surface area contributed by atoms with Crippen LogP contribution in [0.3, 0.4) is 0 Å². The maximum Gasteiger partial charge on any atom is 0.268 e. The van der Waals surface area contributed by atoms with E-state index in [1.165, 1.54) is 12.0 Å². The molecule has 3 rings (SSSR count). The zero-order valence-electron chi connectivity index (χ0n) is 18.7. The molecule has 0 bridgehead atoms.